The molecule has 8 nitrogen and oxygen atoms in total. The standard InChI is InChI=1S/C21H34N4O4S/c1-2-3-7-17-10-11-18(16-20(17)25(26)27)21(24-14-12-22-13-15-24)30(28,29)23-19-8-5-4-6-9-19/h4-6,8-9,17-18,20-23H,2-3,7,10-16H2,1H3/i4D,5D,8D. The van der Waals surface area contributed by atoms with Crippen LogP contribution in [0.15, 0.2) is 30.3 Å². The van der Waals surface area contributed by atoms with Gasteiger partial charge in [0.15, 0.2) is 0 Å². The number of nitrogens with one attached hydrogen (secondary N) is 2. The SMILES string of the molecule is [2H]c1ccc(NS(=O)(=O)C(C2CCC(CCCC)C([N+](=O)[O-])C2)N2CCNCC2)c([2H])c1[2H]. The van der Waals surface area contributed by atoms with Crippen molar-refractivity contribution in [2.45, 2.75) is 56.9 Å². The Kier molecular flexibility index (Phi) is 6.68. The van der Waals surface area contributed by atoms with E-state index in [0.29, 0.717) is 39.0 Å². The number of rotatable bonds is 9. The van der Waals surface area contributed by atoms with Gasteiger partial charge in [0.25, 0.3) is 0 Å². The summed E-state index contributed by atoms with van der Waals surface area (Å²) in [6.07, 6.45) is 4.11. The summed E-state index contributed by atoms with van der Waals surface area (Å²) in [7, 11) is -4.05. The molecule has 3 rings (SSSR count). The molecule has 1 aliphatic carbocycles. The summed E-state index contributed by atoms with van der Waals surface area (Å²) < 4.78 is 53.3. The second kappa shape index (κ2) is 10.5. The van der Waals surface area contributed by atoms with Crippen LogP contribution in [-0.2, 0) is 10.0 Å². The van der Waals surface area contributed by atoms with E-state index in [9.17, 15) is 18.5 Å². The molecule has 1 saturated carbocycles. The minimum absolute atomic E-state index is 0.0362. The van der Waals surface area contributed by atoms with Crippen molar-refractivity contribution in [3.63, 3.8) is 0 Å². The Morgan fingerprint density at radius 1 is 1.37 bits per heavy atom. The molecule has 4 unspecified atom stereocenters. The molecule has 2 N–H and O–H groups in total. The largest absolute Gasteiger partial charge is 0.314 e. The normalized spacial score (nSPS) is 28.2. The van der Waals surface area contributed by atoms with Crippen molar-refractivity contribution in [2.24, 2.45) is 11.8 Å². The Hall–Kier alpha value is -1.71. The Morgan fingerprint density at radius 2 is 2.13 bits per heavy atom. The lowest BCUT2D eigenvalue weighted by Crippen LogP contribution is -2.56. The van der Waals surface area contributed by atoms with E-state index < -0.39 is 27.4 Å². The number of unbranched alkanes of at least 4 members (excludes halogenated alkanes) is 1. The fourth-order valence-electron chi connectivity index (χ4n) is 4.83. The molecular weight excluding hydrogens is 404 g/mol. The molecule has 1 saturated heterocycles. The Bertz CT molecular complexity index is 944. The fourth-order valence-corrected chi connectivity index (χ4v) is 6.73. The van der Waals surface area contributed by atoms with Crippen LogP contribution in [0.4, 0.5) is 5.69 Å². The summed E-state index contributed by atoms with van der Waals surface area (Å²) in [5.41, 5.74) is -0.0430. The third-order valence-corrected chi connectivity index (χ3v) is 8.11. The van der Waals surface area contributed by atoms with Gasteiger partial charge in [-0.15, -0.1) is 0 Å². The number of sulfonamides is 1. The summed E-state index contributed by atoms with van der Waals surface area (Å²) >= 11 is 0. The van der Waals surface area contributed by atoms with E-state index in [0.717, 1.165) is 19.3 Å². The Labute approximate surface area is 183 Å². The van der Waals surface area contributed by atoms with Crippen LogP contribution in [-0.4, -0.2) is 55.8 Å². The predicted octanol–water partition coefficient (Wildman–Crippen LogP) is 2.91. The number of benzene rings is 1. The molecule has 1 heterocycles. The maximum atomic E-state index is 13.6. The first-order chi connectivity index (χ1) is 15.7. The highest BCUT2D eigenvalue weighted by molar-refractivity contribution is 7.93. The van der Waals surface area contributed by atoms with E-state index >= 15 is 0 Å². The quantitative estimate of drug-likeness (QED) is 0.451. The monoisotopic (exact) mass is 441 g/mol. The third kappa shape index (κ3) is 5.70. The lowest BCUT2D eigenvalue weighted by Gasteiger charge is -2.41. The van der Waals surface area contributed by atoms with Gasteiger partial charge in [-0.25, -0.2) is 8.42 Å². The average Bonchev–Trinajstić information content (AvgIpc) is 2.79. The molecule has 0 radical (unpaired) electrons. The minimum Gasteiger partial charge on any atom is -0.314 e. The lowest BCUT2D eigenvalue weighted by molar-refractivity contribution is -0.537. The van der Waals surface area contributed by atoms with Gasteiger partial charge in [-0.1, -0.05) is 37.9 Å². The molecule has 0 aromatic heterocycles. The summed E-state index contributed by atoms with van der Waals surface area (Å²) in [6.45, 7) is 4.33. The van der Waals surface area contributed by atoms with Crippen LogP contribution in [0.3, 0.4) is 0 Å². The molecule has 168 valence electrons. The first kappa shape index (κ1) is 19.0. The maximum Gasteiger partial charge on any atom is 0.249 e. The zero-order valence-electron chi connectivity index (χ0n) is 20.5. The number of hydrogen-bond acceptors (Lipinski definition) is 6. The van der Waals surface area contributed by atoms with E-state index in [1.807, 2.05) is 4.90 Å². The zero-order chi connectivity index (χ0) is 24.2. The van der Waals surface area contributed by atoms with Crippen molar-refractivity contribution in [1.82, 2.24) is 10.2 Å². The van der Waals surface area contributed by atoms with Crippen molar-refractivity contribution < 1.29 is 17.5 Å². The highest BCUT2D eigenvalue weighted by Gasteiger charge is 2.46. The summed E-state index contributed by atoms with van der Waals surface area (Å²) in [5.74, 6) is -0.445. The molecule has 1 aliphatic heterocycles. The second-order valence-corrected chi connectivity index (χ2v) is 10.1. The number of hydrogen-bond donors (Lipinski definition) is 2. The number of nitrogens with zero attached hydrogens (tertiary/aromatic N) is 2. The minimum atomic E-state index is -4.05. The van der Waals surface area contributed by atoms with Gasteiger partial charge >= 0.3 is 0 Å². The fraction of sp³-hybridized carbons (Fsp3) is 0.714. The van der Waals surface area contributed by atoms with Crippen LogP contribution < -0.4 is 10.0 Å². The van der Waals surface area contributed by atoms with E-state index in [4.69, 9.17) is 4.11 Å². The maximum absolute atomic E-state index is 13.6. The highest BCUT2D eigenvalue weighted by atomic mass is 32.2. The van der Waals surface area contributed by atoms with Crippen LogP contribution in [0.2, 0.25) is 0 Å². The third-order valence-electron chi connectivity index (χ3n) is 6.28. The molecule has 0 spiro atoms. The first-order valence-electron chi connectivity index (χ1n) is 12.3. The highest BCUT2D eigenvalue weighted by Crippen LogP contribution is 2.38. The van der Waals surface area contributed by atoms with Gasteiger partial charge in [0.05, 0.1) is 4.11 Å². The van der Waals surface area contributed by atoms with Gasteiger partial charge in [-0.05, 0) is 37.3 Å². The molecular formula is C21H34N4O4S. The molecule has 9 heteroatoms. The number of piperazine rings is 1. The smallest absolute Gasteiger partial charge is 0.249 e. The lowest BCUT2D eigenvalue weighted by atomic mass is 9.76. The molecule has 0 amide bonds. The summed E-state index contributed by atoms with van der Waals surface area (Å²) in [4.78, 5) is 13.5. The van der Waals surface area contributed by atoms with Gasteiger partial charge in [0, 0.05) is 49.1 Å². The molecule has 30 heavy (non-hydrogen) atoms. The summed E-state index contributed by atoms with van der Waals surface area (Å²) in [5, 5.41) is 14.1. The zero-order valence-corrected chi connectivity index (χ0v) is 18.3. The Balaban J connectivity index is 1.90. The number of para-hydroxylation sites is 1. The van der Waals surface area contributed by atoms with Gasteiger partial charge in [0.1, 0.15) is 5.37 Å². The number of nitro groups is 1. The van der Waals surface area contributed by atoms with Crippen LogP contribution in [0.25, 0.3) is 0 Å². The van der Waals surface area contributed by atoms with E-state index in [1.165, 1.54) is 12.1 Å². The van der Waals surface area contributed by atoms with Crippen LogP contribution in [0, 0.1) is 22.0 Å². The van der Waals surface area contributed by atoms with Crippen LogP contribution >= 0.6 is 0 Å². The van der Waals surface area contributed by atoms with E-state index in [2.05, 4.69) is 17.0 Å². The van der Waals surface area contributed by atoms with Gasteiger partial charge in [-0.3, -0.25) is 19.7 Å². The van der Waals surface area contributed by atoms with Gasteiger partial charge in [-0.2, -0.15) is 0 Å². The van der Waals surface area contributed by atoms with E-state index in [1.54, 1.807) is 0 Å². The average molecular weight is 442 g/mol. The first-order valence-corrected chi connectivity index (χ1v) is 12.4. The van der Waals surface area contributed by atoms with Gasteiger partial charge < -0.3 is 5.32 Å². The Morgan fingerprint density at radius 3 is 2.83 bits per heavy atom. The molecule has 1 aromatic carbocycles. The van der Waals surface area contributed by atoms with E-state index in [-0.39, 0.29) is 41.1 Å². The van der Waals surface area contributed by atoms with Crippen molar-refractivity contribution in [3.8, 4) is 0 Å². The van der Waals surface area contributed by atoms with Crippen molar-refractivity contribution in [1.29, 1.82) is 0 Å². The molecule has 4 atom stereocenters. The van der Waals surface area contributed by atoms with Gasteiger partial charge in [0.2, 0.25) is 16.1 Å². The topological polar surface area (TPSA) is 105 Å². The molecule has 2 fully saturated rings. The second-order valence-electron chi connectivity index (χ2n) is 8.29. The molecule has 1 aromatic rings. The predicted molar refractivity (Wildman–Crippen MR) is 118 cm³/mol. The van der Waals surface area contributed by atoms with Crippen molar-refractivity contribution >= 4 is 15.7 Å². The van der Waals surface area contributed by atoms with Crippen LogP contribution in [0.5, 0.6) is 0 Å². The van der Waals surface area contributed by atoms with Crippen LogP contribution in [0.1, 0.15) is 49.6 Å². The molecule has 0 bridgehead atoms. The summed E-state index contributed by atoms with van der Waals surface area (Å²) in [6, 6.07) is 1.01. The number of anilines is 1. The molecule has 2 aliphatic rings. The van der Waals surface area contributed by atoms with Crippen molar-refractivity contribution in [3.05, 3.63) is 40.4 Å². The van der Waals surface area contributed by atoms with Crippen molar-refractivity contribution in [2.75, 3.05) is 30.9 Å².